The van der Waals surface area contributed by atoms with Crippen molar-refractivity contribution in [3.8, 4) is 17.2 Å². The molecule has 0 spiro atoms. The van der Waals surface area contributed by atoms with E-state index in [0.29, 0.717) is 41.7 Å². The van der Waals surface area contributed by atoms with E-state index < -0.39 is 0 Å². The number of fused-ring (bicyclic) bond motifs is 1. The van der Waals surface area contributed by atoms with Gasteiger partial charge >= 0.3 is 0 Å². The van der Waals surface area contributed by atoms with Crippen molar-refractivity contribution in [1.29, 1.82) is 0 Å². The van der Waals surface area contributed by atoms with Gasteiger partial charge in [0.05, 0.1) is 6.10 Å². The van der Waals surface area contributed by atoms with Crippen LogP contribution >= 0.6 is 0 Å². The van der Waals surface area contributed by atoms with Crippen LogP contribution in [0.1, 0.15) is 24.2 Å². The average molecular weight is 313 g/mol. The van der Waals surface area contributed by atoms with Crippen LogP contribution in [0.3, 0.4) is 0 Å². The van der Waals surface area contributed by atoms with E-state index in [1.807, 2.05) is 19.9 Å². The molecule has 1 heterocycles. The number of nitrogens with one attached hydrogen (secondary N) is 1. The maximum atomic E-state index is 12.4. The molecule has 0 unspecified atom stereocenters. The van der Waals surface area contributed by atoms with Crippen LogP contribution < -0.4 is 19.5 Å². The molecule has 0 saturated heterocycles. The third kappa shape index (κ3) is 3.74. The first-order valence-corrected chi connectivity index (χ1v) is 7.59. The number of benzene rings is 2. The number of amides is 1. The Morgan fingerprint density at radius 1 is 1.09 bits per heavy atom. The summed E-state index contributed by atoms with van der Waals surface area (Å²) in [5, 5.41) is 2.86. The molecule has 0 saturated carbocycles. The van der Waals surface area contributed by atoms with Crippen molar-refractivity contribution in [2.45, 2.75) is 20.0 Å². The molecule has 3 rings (SSSR count). The fourth-order valence-electron chi connectivity index (χ4n) is 2.31. The SMILES string of the molecule is CC(C)Oc1cccc(C(=O)Nc2ccc3c(c2)OCCO3)c1. The molecule has 0 bridgehead atoms. The molecular formula is C18H19NO4. The van der Waals surface area contributed by atoms with Gasteiger partial charge in [-0.05, 0) is 44.2 Å². The van der Waals surface area contributed by atoms with E-state index in [1.165, 1.54) is 0 Å². The lowest BCUT2D eigenvalue weighted by Gasteiger charge is -2.19. The largest absolute Gasteiger partial charge is 0.491 e. The molecule has 2 aromatic rings. The Labute approximate surface area is 135 Å². The highest BCUT2D eigenvalue weighted by atomic mass is 16.6. The number of anilines is 1. The van der Waals surface area contributed by atoms with Gasteiger partial charge in [-0.1, -0.05) is 6.07 Å². The van der Waals surface area contributed by atoms with Crippen molar-refractivity contribution in [3.63, 3.8) is 0 Å². The molecule has 0 aromatic heterocycles. The van der Waals surface area contributed by atoms with Gasteiger partial charge in [0, 0.05) is 17.3 Å². The molecule has 2 aromatic carbocycles. The summed E-state index contributed by atoms with van der Waals surface area (Å²) in [6.45, 7) is 4.95. The van der Waals surface area contributed by atoms with Crippen molar-refractivity contribution in [2.24, 2.45) is 0 Å². The Morgan fingerprint density at radius 2 is 1.87 bits per heavy atom. The van der Waals surface area contributed by atoms with Gasteiger partial charge in [-0.15, -0.1) is 0 Å². The Morgan fingerprint density at radius 3 is 2.65 bits per heavy atom. The highest BCUT2D eigenvalue weighted by Crippen LogP contribution is 2.32. The molecule has 5 nitrogen and oxygen atoms in total. The zero-order valence-electron chi connectivity index (χ0n) is 13.2. The molecule has 120 valence electrons. The lowest BCUT2D eigenvalue weighted by molar-refractivity contribution is 0.102. The number of ether oxygens (including phenoxy) is 3. The van der Waals surface area contributed by atoms with Crippen molar-refractivity contribution >= 4 is 11.6 Å². The van der Waals surface area contributed by atoms with Crippen molar-refractivity contribution in [2.75, 3.05) is 18.5 Å². The van der Waals surface area contributed by atoms with E-state index in [4.69, 9.17) is 14.2 Å². The van der Waals surface area contributed by atoms with Gasteiger partial charge in [0.1, 0.15) is 19.0 Å². The molecule has 1 N–H and O–H groups in total. The third-order valence-electron chi connectivity index (χ3n) is 3.27. The second-order valence-electron chi connectivity index (χ2n) is 5.51. The first-order chi connectivity index (χ1) is 11.1. The summed E-state index contributed by atoms with van der Waals surface area (Å²) in [5.41, 5.74) is 1.20. The Hall–Kier alpha value is -2.69. The monoisotopic (exact) mass is 313 g/mol. The Kier molecular flexibility index (Phi) is 4.37. The predicted octanol–water partition coefficient (Wildman–Crippen LogP) is 3.50. The molecule has 1 aliphatic heterocycles. The van der Waals surface area contributed by atoms with Crippen LogP contribution in [0.15, 0.2) is 42.5 Å². The number of hydrogen-bond acceptors (Lipinski definition) is 4. The fourth-order valence-corrected chi connectivity index (χ4v) is 2.31. The van der Waals surface area contributed by atoms with E-state index in [-0.39, 0.29) is 12.0 Å². The first kappa shape index (κ1) is 15.2. The topological polar surface area (TPSA) is 56.8 Å². The maximum absolute atomic E-state index is 12.4. The molecule has 5 heteroatoms. The second-order valence-corrected chi connectivity index (χ2v) is 5.51. The summed E-state index contributed by atoms with van der Waals surface area (Å²) in [7, 11) is 0. The Balaban J connectivity index is 1.74. The zero-order valence-corrected chi connectivity index (χ0v) is 13.2. The van der Waals surface area contributed by atoms with E-state index >= 15 is 0 Å². The van der Waals surface area contributed by atoms with Crippen LogP contribution in [0.25, 0.3) is 0 Å². The van der Waals surface area contributed by atoms with Crippen LogP contribution in [0.2, 0.25) is 0 Å². The van der Waals surface area contributed by atoms with Gasteiger partial charge in [-0.2, -0.15) is 0 Å². The van der Waals surface area contributed by atoms with E-state index in [1.54, 1.807) is 36.4 Å². The maximum Gasteiger partial charge on any atom is 0.255 e. The highest BCUT2D eigenvalue weighted by molar-refractivity contribution is 6.04. The van der Waals surface area contributed by atoms with Crippen molar-refractivity contribution in [3.05, 3.63) is 48.0 Å². The molecule has 0 radical (unpaired) electrons. The van der Waals surface area contributed by atoms with Crippen molar-refractivity contribution < 1.29 is 19.0 Å². The molecule has 0 aliphatic carbocycles. The normalized spacial score (nSPS) is 12.8. The lowest BCUT2D eigenvalue weighted by atomic mass is 10.2. The first-order valence-electron chi connectivity index (χ1n) is 7.59. The quantitative estimate of drug-likeness (QED) is 0.938. The van der Waals surface area contributed by atoms with Crippen molar-refractivity contribution in [1.82, 2.24) is 0 Å². The van der Waals surface area contributed by atoms with Crippen LogP contribution in [-0.4, -0.2) is 25.2 Å². The van der Waals surface area contributed by atoms with E-state index in [9.17, 15) is 4.79 Å². The van der Waals surface area contributed by atoms with Gasteiger partial charge in [0.2, 0.25) is 0 Å². The van der Waals surface area contributed by atoms with E-state index in [0.717, 1.165) is 0 Å². The molecule has 1 amide bonds. The molecule has 23 heavy (non-hydrogen) atoms. The second kappa shape index (κ2) is 6.60. The summed E-state index contributed by atoms with van der Waals surface area (Å²) in [6.07, 6.45) is 0.0612. The fraction of sp³-hybridized carbons (Fsp3) is 0.278. The predicted molar refractivity (Wildman–Crippen MR) is 87.6 cm³/mol. The summed E-state index contributed by atoms with van der Waals surface area (Å²) in [5.74, 6) is 1.82. The van der Waals surface area contributed by atoms with E-state index in [2.05, 4.69) is 5.32 Å². The molecular weight excluding hydrogens is 294 g/mol. The molecule has 0 atom stereocenters. The average Bonchev–Trinajstić information content (AvgIpc) is 2.54. The standard InChI is InChI=1S/C18H19NO4/c1-12(2)23-15-5-3-4-13(10-15)18(20)19-14-6-7-16-17(11-14)22-9-8-21-16/h3-7,10-12H,8-9H2,1-2H3,(H,19,20). The highest BCUT2D eigenvalue weighted by Gasteiger charge is 2.13. The summed E-state index contributed by atoms with van der Waals surface area (Å²) in [4.78, 5) is 12.4. The van der Waals surface area contributed by atoms with Gasteiger partial charge in [0.25, 0.3) is 5.91 Å². The summed E-state index contributed by atoms with van der Waals surface area (Å²) in [6, 6.07) is 12.5. The number of rotatable bonds is 4. The zero-order chi connectivity index (χ0) is 16.2. The van der Waals surface area contributed by atoms with Crippen LogP contribution in [0.4, 0.5) is 5.69 Å². The summed E-state index contributed by atoms with van der Waals surface area (Å²) >= 11 is 0. The molecule has 1 aliphatic rings. The minimum Gasteiger partial charge on any atom is -0.491 e. The minimum absolute atomic E-state index is 0.0612. The van der Waals surface area contributed by atoms with Crippen LogP contribution in [0.5, 0.6) is 17.2 Å². The lowest BCUT2D eigenvalue weighted by Crippen LogP contribution is -2.16. The van der Waals surface area contributed by atoms with Crippen LogP contribution in [-0.2, 0) is 0 Å². The summed E-state index contributed by atoms with van der Waals surface area (Å²) < 4.78 is 16.6. The smallest absolute Gasteiger partial charge is 0.255 e. The molecule has 0 fully saturated rings. The van der Waals surface area contributed by atoms with Crippen LogP contribution in [0, 0.1) is 0 Å². The van der Waals surface area contributed by atoms with Gasteiger partial charge in [-0.3, -0.25) is 4.79 Å². The van der Waals surface area contributed by atoms with Gasteiger partial charge < -0.3 is 19.5 Å². The van der Waals surface area contributed by atoms with Gasteiger partial charge in [0.15, 0.2) is 11.5 Å². The number of carbonyl (C=O) groups is 1. The third-order valence-corrected chi connectivity index (χ3v) is 3.27. The number of carbonyl (C=O) groups excluding carboxylic acids is 1. The Bertz CT molecular complexity index is 712. The van der Waals surface area contributed by atoms with Gasteiger partial charge in [-0.25, -0.2) is 0 Å². The minimum atomic E-state index is -0.198. The number of hydrogen-bond donors (Lipinski definition) is 1.